The molecule has 0 aliphatic rings. The van der Waals surface area contributed by atoms with E-state index in [9.17, 15) is 19.5 Å². The number of allylic oxidation sites excluding steroid dienone is 10. The van der Waals surface area contributed by atoms with E-state index in [1.54, 1.807) is 0 Å². The molecule has 1 N–H and O–H groups in total. The summed E-state index contributed by atoms with van der Waals surface area (Å²) in [7, 11) is 5.98. The summed E-state index contributed by atoms with van der Waals surface area (Å²) in [5.74, 6) is -1.99. The maximum Gasteiger partial charge on any atom is 0.361 e. The van der Waals surface area contributed by atoms with E-state index in [0.717, 1.165) is 64.2 Å². The Hall–Kier alpha value is -3.01. The van der Waals surface area contributed by atoms with Crippen LogP contribution >= 0.6 is 0 Å². The van der Waals surface area contributed by atoms with Crippen LogP contribution in [-0.2, 0) is 33.3 Å². The number of carboxylic acids is 1. The van der Waals surface area contributed by atoms with Crippen molar-refractivity contribution in [3.05, 3.63) is 60.8 Å². The Labute approximate surface area is 475 Å². The van der Waals surface area contributed by atoms with Gasteiger partial charge in [0, 0.05) is 12.8 Å². The molecule has 0 fully saturated rings. The van der Waals surface area contributed by atoms with Crippen LogP contribution < -0.4 is 0 Å². The highest BCUT2D eigenvalue weighted by molar-refractivity contribution is 5.71. The van der Waals surface area contributed by atoms with Crippen LogP contribution in [0, 0.1) is 0 Å². The first-order valence-electron chi connectivity index (χ1n) is 32.5. The fourth-order valence-electron chi connectivity index (χ4n) is 9.30. The van der Waals surface area contributed by atoms with Gasteiger partial charge in [-0.1, -0.05) is 267 Å². The average Bonchev–Trinajstić information content (AvgIpc) is 3.40. The smallest absolute Gasteiger partial charge is 0.361 e. The van der Waals surface area contributed by atoms with E-state index in [-0.39, 0.29) is 32.2 Å². The first kappa shape index (κ1) is 74.0. The molecular weight excluding hydrogens is 959 g/mol. The summed E-state index contributed by atoms with van der Waals surface area (Å²) < 4.78 is 23.0. The summed E-state index contributed by atoms with van der Waals surface area (Å²) in [6, 6.07) is 0. The van der Waals surface area contributed by atoms with Crippen molar-refractivity contribution in [2.24, 2.45) is 0 Å². The molecule has 9 heteroatoms. The molecule has 0 aromatic rings. The van der Waals surface area contributed by atoms with Crippen molar-refractivity contribution in [1.82, 2.24) is 0 Å². The predicted molar refractivity (Wildman–Crippen MR) is 327 cm³/mol. The molecule has 2 unspecified atom stereocenters. The number of aliphatic carboxylic acids is 1. The molecule has 0 heterocycles. The molecule has 0 spiro atoms. The lowest BCUT2D eigenvalue weighted by atomic mass is 10.0. The number of unbranched alkanes of at least 4 members (excludes halogenated alkanes) is 35. The lowest BCUT2D eigenvalue weighted by Gasteiger charge is -2.25. The van der Waals surface area contributed by atoms with Gasteiger partial charge in [0.1, 0.15) is 13.2 Å². The second-order valence-corrected chi connectivity index (χ2v) is 23.0. The van der Waals surface area contributed by atoms with Crippen molar-refractivity contribution < 1.29 is 42.9 Å². The van der Waals surface area contributed by atoms with Gasteiger partial charge in [-0.3, -0.25) is 9.59 Å². The Morgan fingerprint density at radius 3 is 1.12 bits per heavy atom. The van der Waals surface area contributed by atoms with Gasteiger partial charge in [-0.15, -0.1) is 0 Å². The number of likely N-dealkylation sites (N-methyl/N-ethyl adjacent to an activating group) is 1. The first-order chi connectivity index (χ1) is 37.6. The standard InChI is InChI=1S/C68H123NO8/c1-6-8-10-12-14-16-18-20-22-24-26-28-30-31-32-33-34-35-37-39-41-43-45-47-49-51-53-55-57-59-66(71)77-64(63-76-68(67(72)73)74-61-60-69(3,4)5)62-75-65(70)58-56-54-52-50-48-46-44-42-40-38-36-29-27-25-23-21-19-17-15-13-11-9-7-2/h8,10,14,16,20,22,25-28,64,68H,6-7,9,11-13,15,17-19,21,23-24,29-63H2,1-5H3/p+1/b10-8-,16-14-,22-20-,27-25-,28-26-. The maximum atomic E-state index is 12.9. The van der Waals surface area contributed by atoms with E-state index in [0.29, 0.717) is 17.4 Å². The highest BCUT2D eigenvalue weighted by atomic mass is 16.7. The molecule has 448 valence electrons. The third-order valence-electron chi connectivity index (χ3n) is 14.3. The minimum atomic E-state index is -1.51. The SMILES string of the molecule is CC/C=C\C/C=C\C/C=C\C/C=C\CCCCCCCCCCCCCCCCCCC(=O)OC(COC(=O)CCCCCCCCCCCCC/C=C\CCCCCCCCCC)COC(OCC[N+](C)(C)C)C(=O)O. The Bertz CT molecular complexity index is 1450. The van der Waals surface area contributed by atoms with Crippen LogP contribution in [0.25, 0.3) is 0 Å². The summed E-state index contributed by atoms with van der Waals surface area (Å²) in [6.07, 6.45) is 73.1. The molecule has 2 atom stereocenters. The van der Waals surface area contributed by atoms with E-state index in [4.69, 9.17) is 18.9 Å². The Morgan fingerprint density at radius 1 is 0.403 bits per heavy atom. The normalized spacial score (nSPS) is 13.1. The Morgan fingerprint density at radius 2 is 0.740 bits per heavy atom. The Balaban J connectivity index is 4.14. The molecule has 0 aromatic carbocycles. The minimum absolute atomic E-state index is 0.180. The minimum Gasteiger partial charge on any atom is -0.477 e. The van der Waals surface area contributed by atoms with Crippen LogP contribution in [0.2, 0.25) is 0 Å². The molecule has 77 heavy (non-hydrogen) atoms. The molecule has 0 aliphatic heterocycles. The summed E-state index contributed by atoms with van der Waals surface area (Å²) in [5, 5.41) is 9.73. The zero-order valence-electron chi connectivity index (χ0n) is 51.1. The average molecular weight is 1080 g/mol. The Kier molecular flexibility index (Phi) is 56.8. The van der Waals surface area contributed by atoms with Gasteiger partial charge in [-0.25, -0.2) is 4.79 Å². The number of rotatable bonds is 60. The monoisotopic (exact) mass is 1080 g/mol. The highest BCUT2D eigenvalue weighted by Crippen LogP contribution is 2.17. The third-order valence-corrected chi connectivity index (χ3v) is 14.3. The molecule has 9 nitrogen and oxygen atoms in total. The number of nitrogens with zero attached hydrogens (tertiary/aromatic N) is 1. The van der Waals surface area contributed by atoms with Gasteiger partial charge < -0.3 is 28.5 Å². The highest BCUT2D eigenvalue weighted by Gasteiger charge is 2.25. The number of esters is 2. The summed E-state index contributed by atoms with van der Waals surface area (Å²) in [5.41, 5.74) is 0. The van der Waals surface area contributed by atoms with Gasteiger partial charge in [-0.05, 0) is 77.0 Å². The number of quaternary nitrogens is 1. The summed E-state index contributed by atoms with van der Waals surface area (Å²) in [4.78, 5) is 37.5. The third kappa shape index (κ3) is 60.5. The molecule has 0 saturated carbocycles. The number of ether oxygens (including phenoxy) is 4. The van der Waals surface area contributed by atoms with Crippen LogP contribution in [0.4, 0.5) is 0 Å². The quantitative estimate of drug-likeness (QED) is 0.0211. The lowest BCUT2D eigenvalue weighted by molar-refractivity contribution is -0.870. The number of hydrogen-bond acceptors (Lipinski definition) is 7. The van der Waals surface area contributed by atoms with Crippen LogP contribution in [0.3, 0.4) is 0 Å². The molecule has 0 radical (unpaired) electrons. The molecule has 0 amide bonds. The second-order valence-electron chi connectivity index (χ2n) is 23.0. The van der Waals surface area contributed by atoms with Crippen molar-refractivity contribution in [3.63, 3.8) is 0 Å². The van der Waals surface area contributed by atoms with Gasteiger partial charge >= 0.3 is 17.9 Å². The molecule has 0 bridgehead atoms. The van der Waals surface area contributed by atoms with Gasteiger partial charge in [0.2, 0.25) is 0 Å². The van der Waals surface area contributed by atoms with Crippen LogP contribution in [0.1, 0.15) is 296 Å². The predicted octanol–water partition coefficient (Wildman–Crippen LogP) is 19.6. The van der Waals surface area contributed by atoms with Crippen molar-refractivity contribution in [2.45, 2.75) is 309 Å². The van der Waals surface area contributed by atoms with Gasteiger partial charge in [-0.2, -0.15) is 0 Å². The lowest BCUT2D eigenvalue weighted by Crippen LogP contribution is -2.40. The van der Waals surface area contributed by atoms with Gasteiger partial charge in [0.05, 0.1) is 34.4 Å². The molecule has 0 rings (SSSR count). The van der Waals surface area contributed by atoms with Crippen molar-refractivity contribution in [3.8, 4) is 0 Å². The fourth-order valence-corrected chi connectivity index (χ4v) is 9.30. The number of carbonyl (C=O) groups excluding carboxylic acids is 2. The number of carboxylic acid groups (broad SMARTS) is 1. The zero-order chi connectivity index (χ0) is 56.2. The maximum absolute atomic E-state index is 12.9. The van der Waals surface area contributed by atoms with E-state index in [1.165, 1.54) is 205 Å². The summed E-state index contributed by atoms with van der Waals surface area (Å²) in [6.45, 7) is 4.81. The van der Waals surface area contributed by atoms with E-state index in [1.807, 2.05) is 21.1 Å². The van der Waals surface area contributed by atoms with Gasteiger partial charge in [0.15, 0.2) is 6.10 Å². The topological polar surface area (TPSA) is 108 Å². The van der Waals surface area contributed by atoms with Crippen molar-refractivity contribution in [1.29, 1.82) is 0 Å². The largest absolute Gasteiger partial charge is 0.477 e. The number of carbonyl (C=O) groups is 3. The second kappa shape index (κ2) is 59.1. The zero-order valence-corrected chi connectivity index (χ0v) is 51.1. The first-order valence-corrected chi connectivity index (χ1v) is 32.5. The van der Waals surface area contributed by atoms with E-state index in [2.05, 4.69) is 74.6 Å². The number of hydrogen-bond donors (Lipinski definition) is 1. The molecule has 0 aliphatic carbocycles. The van der Waals surface area contributed by atoms with Crippen molar-refractivity contribution >= 4 is 17.9 Å². The summed E-state index contributed by atoms with van der Waals surface area (Å²) >= 11 is 0. The molecular formula is C68H124NO8+. The van der Waals surface area contributed by atoms with Crippen LogP contribution in [0.15, 0.2) is 60.8 Å². The van der Waals surface area contributed by atoms with Crippen molar-refractivity contribution in [2.75, 3.05) is 47.5 Å². The van der Waals surface area contributed by atoms with Crippen LogP contribution in [-0.4, -0.2) is 87.4 Å². The van der Waals surface area contributed by atoms with Gasteiger partial charge in [0.25, 0.3) is 6.29 Å². The fraction of sp³-hybridized carbons (Fsp3) is 0.809. The van der Waals surface area contributed by atoms with Crippen LogP contribution in [0.5, 0.6) is 0 Å². The van der Waals surface area contributed by atoms with E-state index < -0.39 is 24.3 Å². The van der Waals surface area contributed by atoms with E-state index >= 15 is 0 Å². The molecule has 0 saturated heterocycles. The molecule has 0 aromatic heterocycles.